The summed E-state index contributed by atoms with van der Waals surface area (Å²) >= 11 is 0. The number of nitrogens with one attached hydrogen (secondary N) is 2. The summed E-state index contributed by atoms with van der Waals surface area (Å²) in [4.78, 5) is 17.7. The molecule has 2 fully saturated rings. The van der Waals surface area contributed by atoms with Gasteiger partial charge < -0.3 is 25.0 Å². The number of carbonyl (C=O) groups excluding carboxylic acids is 1. The molecule has 22 heavy (non-hydrogen) atoms. The topological polar surface area (TPSA) is 75.2 Å². The van der Waals surface area contributed by atoms with Crippen molar-refractivity contribution in [2.75, 3.05) is 39.9 Å². The molecule has 0 aromatic rings. The summed E-state index contributed by atoms with van der Waals surface area (Å²) in [6.45, 7) is 5.36. The number of hydrogen-bond acceptors (Lipinski definition) is 4. The highest BCUT2D eigenvalue weighted by Crippen LogP contribution is 2.12. The van der Waals surface area contributed by atoms with Crippen LogP contribution in [0, 0.1) is 0 Å². The van der Waals surface area contributed by atoms with Crippen molar-refractivity contribution in [1.29, 1.82) is 0 Å². The monoisotopic (exact) mass is 312 g/mol. The molecular weight excluding hydrogens is 284 g/mol. The van der Waals surface area contributed by atoms with Crippen molar-refractivity contribution in [3.63, 3.8) is 0 Å². The van der Waals surface area contributed by atoms with Crippen LogP contribution in [0.5, 0.6) is 0 Å². The van der Waals surface area contributed by atoms with Crippen molar-refractivity contribution >= 4 is 12.1 Å². The molecule has 0 bridgehead atoms. The van der Waals surface area contributed by atoms with Gasteiger partial charge in [0.15, 0.2) is 5.96 Å². The molecule has 7 heteroatoms. The lowest BCUT2D eigenvalue weighted by molar-refractivity contribution is 0.0961. The van der Waals surface area contributed by atoms with Crippen LogP contribution in [-0.4, -0.2) is 69.0 Å². The first-order valence-electron chi connectivity index (χ1n) is 8.23. The van der Waals surface area contributed by atoms with E-state index in [1.54, 1.807) is 11.9 Å². The molecule has 2 N–H and O–H groups in total. The smallest absolute Gasteiger partial charge is 0.409 e. The van der Waals surface area contributed by atoms with E-state index in [0.717, 1.165) is 57.9 Å². The molecular formula is C15H28N4O3. The predicted molar refractivity (Wildman–Crippen MR) is 85.1 cm³/mol. The number of carbonyl (C=O) groups is 1. The van der Waals surface area contributed by atoms with Gasteiger partial charge in [-0.2, -0.15) is 0 Å². The van der Waals surface area contributed by atoms with Gasteiger partial charge in [-0.3, -0.25) is 4.99 Å². The highest BCUT2D eigenvalue weighted by Gasteiger charge is 2.24. The van der Waals surface area contributed by atoms with Crippen LogP contribution in [0.3, 0.4) is 0 Å². The first-order valence-corrected chi connectivity index (χ1v) is 8.23. The minimum absolute atomic E-state index is 0.207. The summed E-state index contributed by atoms with van der Waals surface area (Å²) in [6, 6.07) is 0.335. The van der Waals surface area contributed by atoms with Crippen LogP contribution < -0.4 is 10.6 Å². The van der Waals surface area contributed by atoms with E-state index >= 15 is 0 Å². The Kier molecular flexibility index (Phi) is 6.76. The van der Waals surface area contributed by atoms with Crippen LogP contribution in [0.2, 0.25) is 0 Å². The predicted octanol–water partition coefficient (Wildman–Crippen LogP) is 0.951. The van der Waals surface area contributed by atoms with Crippen LogP contribution in [0.1, 0.15) is 32.6 Å². The lowest BCUT2D eigenvalue weighted by atomic mass is 10.1. The summed E-state index contributed by atoms with van der Waals surface area (Å²) in [5.41, 5.74) is 0. The zero-order valence-corrected chi connectivity index (χ0v) is 13.6. The Labute approximate surface area is 132 Å². The summed E-state index contributed by atoms with van der Waals surface area (Å²) < 4.78 is 10.6. The molecule has 0 saturated carbocycles. The quantitative estimate of drug-likeness (QED) is 0.597. The highest BCUT2D eigenvalue weighted by atomic mass is 16.6. The highest BCUT2D eigenvalue weighted by molar-refractivity contribution is 5.80. The summed E-state index contributed by atoms with van der Waals surface area (Å²) in [5, 5.41) is 6.75. The van der Waals surface area contributed by atoms with Crippen molar-refractivity contribution in [2.45, 2.75) is 44.8 Å². The fraction of sp³-hybridized carbons (Fsp3) is 0.867. The average molecular weight is 312 g/mol. The molecule has 0 spiro atoms. The summed E-state index contributed by atoms with van der Waals surface area (Å²) in [7, 11) is 1.78. The molecule has 2 aliphatic rings. The number of aliphatic imine (C=N–C) groups is 1. The largest absolute Gasteiger partial charge is 0.450 e. The first kappa shape index (κ1) is 16.9. The lowest BCUT2D eigenvalue weighted by Gasteiger charge is -2.32. The van der Waals surface area contributed by atoms with Crippen LogP contribution in [0.25, 0.3) is 0 Å². The van der Waals surface area contributed by atoms with Gasteiger partial charge in [0.05, 0.1) is 12.7 Å². The van der Waals surface area contributed by atoms with Gasteiger partial charge in [-0.05, 0) is 32.6 Å². The number of rotatable bonds is 4. The molecule has 2 aliphatic heterocycles. The third kappa shape index (κ3) is 5.05. The number of amides is 1. The van der Waals surface area contributed by atoms with Gasteiger partial charge >= 0.3 is 6.09 Å². The van der Waals surface area contributed by atoms with Crippen molar-refractivity contribution in [3.05, 3.63) is 0 Å². The number of guanidine groups is 1. The van der Waals surface area contributed by atoms with E-state index in [0.29, 0.717) is 18.8 Å². The Bertz CT molecular complexity index is 375. The average Bonchev–Trinajstić information content (AvgIpc) is 3.05. The minimum atomic E-state index is -0.207. The number of ether oxygens (including phenoxy) is 2. The van der Waals surface area contributed by atoms with E-state index in [-0.39, 0.29) is 6.09 Å². The summed E-state index contributed by atoms with van der Waals surface area (Å²) in [5.74, 6) is 0.810. The summed E-state index contributed by atoms with van der Waals surface area (Å²) in [6.07, 6.45) is 4.15. The zero-order chi connectivity index (χ0) is 15.8. The zero-order valence-electron chi connectivity index (χ0n) is 13.6. The van der Waals surface area contributed by atoms with Crippen molar-refractivity contribution in [3.8, 4) is 0 Å². The van der Waals surface area contributed by atoms with Crippen molar-refractivity contribution < 1.29 is 14.3 Å². The fourth-order valence-corrected chi connectivity index (χ4v) is 2.82. The molecule has 2 heterocycles. The third-order valence-electron chi connectivity index (χ3n) is 4.11. The Morgan fingerprint density at radius 1 is 1.36 bits per heavy atom. The maximum absolute atomic E-state index is 11.7. The Hall–Kier alpha value is -1.50. The molecule has 0 aromatic heterocycles. The van der Waals surface area contributed by atoms with Gasteiger partial charge in [0.1, 0.15) is 0 Å². The Morgan fingerprint density at radius 3 is 2.73 bits per heavy atom. The minimum Gasteiger partial charge on any atom is -0.450 e. The maximum atomic E-state index is 11.7. The molecule has 0 radical (unpaired) electrons. The van der Waals surface area contributed by atoms with E-state index in [1.165, 1.54) is 0 Å². The van der Waals surface area contributed by atoms with Gasteiger partial charge in [0.25, 0.3) is 0 Å². The number of hydrogen-bond donors (Lipinski definition) is 2. The molecule has 126 valence electrons. The van der Waals surface area contributed by atoms with Gasteiger partial charge in [-0.1, -0.05) is 0 Å². The SMILES string of the molecule is CCOC(=O)N1CCC(NC(=NC)NCC2CCCO2)CC1. The van der Waals surface area contributed by atoms with E-state index in [9.17, 15) is 4.79 Å². The number of piperidine rings is 1. The Morgan fingerprint density at radius 2 is 2.14 bits per heavy atom. The second-order valence-corrected chi connectivity index (χ2v) is 5.69. The second kappa shape index (κ2) is 8.82. The van der Waals surface area contributed by atoms with E-state index < -0.39 is 0 Å². The van der Waals surface area contributed by atoms with Crippen LogP contribution >= 0.6 is 0 Å². The fourth-order valence-electron chi connectivity index (χ4n) is 2.82. The molecule has 0 aromatic carbocycles. The molecule has 7 nitrogen and oxygen atoms in total. The van der Waals surface area contributed by atoms with Gasteiger partial charge in [-0.25, -0.2) is 4.79 Å². The number of likely N-dealkylation sites (tertiary alicyclic amines) is 1. The van der Waals surface area contributed by atoms with Crippen LogP contribution in [0.4, 0.5) is 4.79 Å². The Balaban J connectivity index is 1.68. The van der Waals surface area contributed by atoms with E-state index in [1.807, 2.05) is 6.92 Å². The van der Waals surface area contributed by atoms with Crippen LogP contribution in [-0.2, 0) is 9.47 Å². The van der Waals surface area contributed by atoms with E-state index in [2.05, 4.69) is 15.6 Å². The second-order valence-electron chi connectivity index (χ2n) is 5.69. The van der Waals surface area contributed by atoms with E-state index in [4.69, 9.17) is 9.47 Å². The molecule has 2 saturated heterocycles. The van der Waals surface area contributed by atoms with Crippen molar-refractivity contribution in [2.24, 2.45) is 4.99 Å². The maximum Gasteiger partial charge on any atom is 0.409 e. The normalized spacial score (nSPS) is 23.5. The van der Waals surface area contributed by atoms with Gasteiger partial charge in [0, 0.05) is 39.3 Å². The van der Waals surface area contributed by atoms with Crippen molar-refractivity contribution in [1.82, 2.24) is 15.5 Å². The first-order chi connectivity index (χ1) is 10.7. The van der Waals surface area contributed by atoms with Gasteiger partial charge in [-0.15, -0.1) is 0 Å². The molecule has 1 unspecified atom stereocenters. The van der Waals surface area contributed by atoms with Gasteiger partial charge in [0.2, 0.25) is 0 Å². The van der Waals surface area contributed by atoms with Crippen LogP contribution in [0.15, 0.2) is 4.99 Å². The number of nitrogens with zero attached hydrogens (tertiary/aromatic N) is 2. The third-order valence-corrected chi connectivity index (χ3v) is 4.11. The standard InChI is InChI=1S/C15H28N4O3/c1-3-21-15(20)19-8-6-12(7-9-19)18-14(16-2)17-11-13-5-4-10-22-13/h12-13H,3-11H2,1-2H3,(H2,16,17,18). The lowest BCUT2D eigenvalue weighted by Crippen LogP contribution is -2.50. The molecule has 1 amide bonds. The molecule has 2 rings (SSSR count). The molecule has 0 aliphatic carbocycles. The molecule has 1 atom stereocenters.